The summed E-state index contributed by atoms with van der Waals surface area (Å²) in [5.41, 5.74) is 0.121. The van der Waals surface area contributed by atoms with Crippen LogP contribution in [0.3, 0.4) is 0 Å². The van der Waals surface area contributed by atoms with E-state index in [1.807, 2.05) is 26.0 Å². The van der Waals surface area contributed by atoms with Crippen molar-refractivity contribution in [2.75, 3.05) is 6.54 Å². The maximum Gasteiger partial charge on any atom is 0.241 e. The lowest BCUT2D eigenvalue weighted by molar-refractivity contribution is -0.00774. The van der Waals surface area contributed by atoms with Crippen molar-refractivity contribution in [2.45, 2.75) is 44.9 Å². The van der Waals surface area contributed by atoms with E-state index in [1.54, 1.807) is 12.4 Å². The molecule has 112 valence electrons. The van der Waals surface area contributed by atoms with E-state index in [0.29, 0.717) is 18.3 Å². The molecule has 6 heteroatoms. The van der Waals surface area contributed by atoms with Crippen LogP contribution in [-0.2, 0) is 6.54 Å². The van der Waals surface area contributed by atoms with Crippen LogP contribution in [0.25, 0.3) is 11.4 Å². The Morgan fingerprint density at radius 2 is 2.33 bits per heavy atom. The Bertz CT molecular complexity index is 591. The van der Waals surface area contributed by atoms with Gasteiger partial charge in [0.2, 0.25) is 11.7 Å². The van der Waals surface area contributed by atoms with Gasteiger partial charge < -0.3 is 9.63 Å². The van der Waals surface area contributed by atoms with E-state index < -0.39 is 5.60 Å². The Morgan fingerprint density at radius 3 is 3.05 bits per heavy atom. The average Bonchev–Trinajstić information content (AvgIpc) is 3.09. The minimum Gasteiger partial charge on any atom is -0.389 e. The second kappa shape index (κ2) is 5.54. The van der Waals surface area contributed by atoms with Crippen molar-refractivity contribution in [1.29, 1.82) is 0 Å². The first kappa shape index (κ1) is 14.2. The van der Waals surface area contributed by atoms with Crippen molar-refractivity contribution >= 4 is 0 Å². The zero-order chi connectivity index (χ0) is 14.9. The molecule has 21 heavy (non-hydrogen) atoms. The number of hydrogen-bond acceptors (Lipinski definition) is 6. The predicted octanol–water partition coefficient (Wildman–Crippen LogP) is 1.87. The summed E-state index contributed by atoms with van der Waals surface area (Å²) >= 11 is 0. The number of hydrogen-bond donors (Lipinski definition) is 1. The highest BCUT2D eigenvalue weighted by Gasteiger charge is 2.36. The van der Waals surface area contributed by atoms with Gasteiger partial charge in [0.1, 0.15) is 0 Å². The smallest absolute Gasteiger partial charge is 0.241 e. The Balaban J connectivity index is 1.73. The third kappa shape index (κ3) is 3.11. The summed E-state index contributed by atoms with van der Waals surface area (Å²) in [4.78, 5) is 10.7. The molecule has 1 aliphatic heterocycles. The molecule has 3 rings (SSSR count). The highest BCUT2D eigenvalue weighted by Crippen LogP contribution is 2.28. The molecule has 0 aliphatic carbocycles. The summed E-state index contributed by atoms with van der Waals surface area (Å²) in [6, 6.07) is 3.87. The molecule has 1 saturated heterocycles. The van der Waals surface area contributed by atoms with Crippen LogP contribution in [0, 0.1) is 0 Å². The third-order valence-electron chi connectivity index (χ3n) is 3.91. The topological polar surface area (TPSA) is 75.3 Å². The predicted molar refractivity (Wildman–Crippen MR) is 77.3 cm³/mol. The van der Waals surface area contributed by atoms with Gasteiger partial charge in [-0.05, 0) is 45.4 Å². The lowest BCUT2D eigenvalue weighted by atomic mass is 9.97. The second-order valence-electron chi connectivity index (χ2n) is 6.04. The molecule has 1 N–H and O–H groups in total. The van der Waals surface area contributed by atoms with Crippen LogP contribution >= 0.6 is 0 Å². The summed E-state index contributed by atoms with van der Waals surface area (Å²) in [7, 11) is 0. The van der Waals surface area contributed by atoms with Gasteiger partial charge in [-0.2, -0.15) is 4.98 Å². The second-order valence-corrected chi connectivity index (χ2v) is 6.04. The van der Waals surface area contributed by atoms with E-state index >= 15 is 0 Å². The molecule has 0 radical (unpaired) electrons. The van der Waals surface area contributed by atoms with E-state index in [0.717, 1.165) is 24.9 Å². The van der Waals surface area contributed by atoms with Crippen LogP contribution in [0.15, 0.2) is 29.0 Å². The van der Waals surface area contributed by atoms with Gasteiger partial charge in [-0.1, -0.05) is 5.16 Å². The molecular formula is C15H20N4O2. The highest BCUT2D eigenvalue weighted by molar-refractivity contribution is 5.51. The van der Waals surface area contributed by atoms with Gasteiger partial charge in [0.05, 0.1) is 12.1 Å². The third-order valence-corrected chi connectivity index (χ3v) is 3.91. The van der Waals surface area contributed by atoms with Crippen molar-refractivity contribution in [1.82, 2.24) is 20.0 Å². The first-order chi connectivity index (χ1) is 10.0. The Morgan fingerprint density at radius 1 is 1.48 bits per heavy atom. The van der Waals surface area contributed by atoms with Crippen LogP contribution < -0.4 is 0 Å². The summed E-state index contributed by atoms with van der Waals surface area (Å²) in [5.74, 6) is 1.13. The van der Waals surface area contributed by atoms with Gasteiger partial charge in [-0.3, -0.25) is 9.88 Å². The molecule has 1 fully saturated rings. The highest BCUT2D eigenvalue weighted by atomic mass is 16.5. The lowest BCUT2D eigenvalue weighted by Gasteiger charge is -2.32. The van der Waals surface area contributed by atoms with Crippen LogP contribution in [0.4, 0.5) is 0 Å². The summed E-state index contributed by atoms with van der Waals surface area (Å²) in [5, 5.41) is 14.2. The van der Waals surface area contributed by atoms with Crippen molar-refractivity contribution in [3.63, 3.8) is 0 Å². The molecule has 0 bridgehead atoms. The van der Waals surface area contributed by atoms with E-state index in [-0.39, 0.29) is 6.04 Å². The lowest BCUT2D eigenvalue weighted by Crippen LogP contribution is -2.45. The maximum atomic E-state index is 10.2. The number of aliphatic hydroxyl groups is 1. The van der Waals surface area contributed by atoms with E-state index in [4.69, 9.17) is 4.52 Å². The summed E-state index contributed by atoms with van der Waals surface area (Å²) in [6.45, 7) is 5.22. The fourth-order valence-electron chi connectivity index (χ4n) is 2.92. The van der Waals surface area contributed by atoms with Crippen molar-refractivity contribution in [3.05, 3.63) is 30.4 Å². The minimum atomic E-state index is -0.720. The largest absolute Gasteiger partial charge is 0.389 e. The Kier molecular flexibility index (Phi) is 3.73. The van der Waals surface area contributed by atoms with Gasteiger partial charge in [-0.25, -0.2) is 0 Å². The molecular weight excluding hydrogens is 268 g/mol. The van der Waals surface area contributed by atoms with Gasteiger partial charge in [0.25, 0.3) is 0 Å². The molecule has 1 unspecified atom stereocenters. The first-order valence-corrected chi connectivity index (χ1v) is 7.23. The molecule has 1 aliphatic rings. The molecule has 0 amide bonds. The van der Waals surface area contributed by atoms with E-state index in [2.05, 4.69) is 20.0 Å². The van der Waals surface area contributed by atoms with Gasteiger partial charge in [0.15, 0.2) is 0 Å². The van der Waals surface area contributed by atoms with Crippen LogP contribution in [0.1, 0.15) is 32.6 Å². The van der Waals surface area contributed by atoms with Gasteiger partial charge in [-0.15, -0.1) is 0 Å². The zero-order valence-electron chi connectivity index (χ0n) is 12.4. The zero-order valence-corrected chi connectivity index (χ0v) is 12.4. The van der Waals surface area contributed by atoms with Crippen LogP contribution in [0.2, 0.25) is 0 Å². The fraction of sp³-hybridized carbons (Fsp3) is 0.533. The molecule has 1 atom stereocenters. The monoisotopic (exact) mass is 288 g/mol. The molecule has 6 nitrogen and oxygen atoms in total. The number of pyridine rings is 1. The first-order valence-electron chi connectivity index (χ1n) is 7.23. The van der Waals surface area contributed by atoms with Crippen LogP contribution in [0.5, 0.6) is 0 Å². The maximum absolute atomic E-state index is 10.2. The Hall–Kier alpha value is -1.79. The number of rotatable bonds is 4. The SMILES string of the molecule is CC(C)(O)C1CCCN1Cc1nc(-c2cccnc2)no1. The number of nitrogens with zero attached hydrogens (tertiary/aromatic N) is 4. The number of likely N-dealkylation sites (tertiary alicyclic amines) is 1. The van der Waals surface area contributed by atoms with E-state index in [1.165, 1.54) is 0 Å². The molecule has 3 heterocycles. The average molecular weight is 288 g/mol. The number of aromatic nitrogens is 3. The van der Waals surface area contributed by atoms with Crippen LogP contribution in [-0.4, -0.2) is 43.3 Å². The minimum absolute atomic E-state index is 0.131. The van der Waals surface area contributed by atoms with Gasteiger partial charge >= 0.3 is 0 Å². The fourth-order valence-corrected chi connectivity index (χ4v) is 2.92. The molecule has 0 aromatic carbocycles. The molecule has 0 saturated carbocycles. The summed E-state index contributed by atoms with van der Waals surface area (Å²) in [6.07, 6.45) is 5.50. The van der Waals surface area contributed by atoms with Crippen molar-refractivity contribution in [3.8, 4) is 11.4 Å². The van der Waals surface area contributed by atoms with Crippen molar-refractivity contribution in [2.24, 2.45) is 0 Å². The summed E-state index contributed by atoms with van der Waals surface area (Å²) < 4.78 is 5.33. The van der Waals surface area contributed by atoms with Gasteiger partial charge in [0, 0.05) is 24.0 Å². The normalized spacial score (nSPS) is 20.0. The quantitative estimate of drug-likeness (QED) is 0.925. The molecule has 2 aromatic heterocycles. The van der Waals surface area contributed by atoms with E-state index in [9.17, 15) is 5.11 Å². The molecule has 0 spiro atoms. The van der Waals surface area contributed by atoms with Crippen molar-refractivity contribution < 1.29 is 9.63 Å². The molecule has 2 aromatic rings. The Labute approximate surface area is 123 Å². The standard InChI is InChI=1S/C15H20N4O2/c1-15(2,20)12-6-4-8-19(12)10-13-17-14(18-21-13)11-5-3-7-16-9-11/h3,5,7,9,12,20H,4,6,8,10H2,1-2H3.